The molecule has 2 heterocycles. The molecule has 0 atom stereocenters. The first-order valence-electron chi connectivity index (χ1n) is 7.83. The summed E-state index contributed by atoms with van der Waals surface area (Å²) in [5, 5.41) is 3.08. The fourth-order valence-electron chi connectivity index (χ4n) is 2.63. The molecule has 0 saturated carbocycles. The van der Waals surface area contributed by atoms with Crippen LogP contribution in [0.25, 0.3) is 0 Å². The van der Waals surface area contributed by atoms with Crippen molar-refractivity contribution < 1.29 is 19.1 Å². The molecule has 1 aliphatic rings. The maximum absolute atomic E-state index is 12.6. The Labute approximate surface area is 149 Å². The molecule has 0 radical (unpaired) electrons. The summed E-state index contributed by atoms with van der Waals surface area (Å²) in [7, 11) is 2.92. The highest BCUT2D eigenvalue weighted by atomic mass is 32.1. The molecule has 0 saturated heterocycles. The van der Waals surface area contributed by atoms with Gasteiger partial charge in [0.15, 0.2) is 5.13 Å². The zero-order chi connectivity index (χ0) is 17.8. The number of nitrogens with one attached hydrogen (secondary N) is 1. The number of ether oxygens (including phenoxy) is 2. The smallest absolute Gasteiger partial charge is 0.413 e. The SMILES string of the molecule is COC(=O)Nc1nc2c(s1)CN(C(=O)Cc1ccc(OC)cc1)CC2. The zero-order valence-electron chi connectivity index (χ0n) is 14.1. The van der Waals surface area contributed by atoms with Gasteiger partial charge in [-0.15, -0.1) is 0 Å². The van der Waals surface area contributed by atoms with Crippen LogP contribution in [0.3, 0.4) is 0 Å². The van der Waals surface area contributed by atoms with Crippen LogP contribution >= 0.6 is 11.3 Å². The second-order valence-electron chi connectivity index (χ2n) is 5.60. The Balaban J connectivity index is 1.63. The summed E-state index contributed by atoms with van der Waals surface area (Å²) < 4.78 is 9.70. The lowest BCUT2D eigenvalue weighted by Gasteiger charge is -2.26. The van der Waals surface area contributed by atoms with Crippen molar-refractivity contribution in [2.75, 3.05) is 26.1 Å². The molecule has 8 heteroatoms. The largest absolute Gasteiger partial charge is 0.497 e. The van der Waals surface area contributed by atoms with Gasteiger partial charge in [-0.1, -0.05) is 23.5 Å². The van der Waals surface area contributed by atoms with Crippen molar-refractivity contribution >= 4 is 28.5 Å². The number of aromatic nitrogens is 1. The maximum Gasteiger partial charge on any atom is 0.413 e. The molecule has 0 aliphatic carbocycles. The maximum atomic E-state index is 12.6. The standard InChI is InChI=1S/C17H19N3O4S/c1-23-12-5-3-11(4-6-12)9-15(21)20-8-7-13-14(10-20)25-16(18-13)19-17(22)24-2/h3-6H,7-10H2,1-2H3,(H,18,19,22). The van der Waals surface area contributed by atoms with Crippen molar-refractivity contribution in [3.8, 4) is 5.75 Å². The highest BCUT2D eigenvalue weighted by Crippen LogP contribution is 2.28. The van der Waals surface area contributed by atoms with Gasteiger partial charge in [0.2, 0.25) is 5.91 Å². The molecular weight excluding hydrogens is 342 g/mol. The fourth-order valence-corrected chi connectivity index (χ4v) is 3.64. The Bertz CT molecular complexity index is 773. The lowest BCUT2D eigenvalue weighted by molar-refractivity contribution is -0.131. The molecule has 132 valence electrons. The topological polar surface area (TPSA) is 80.8 Å². The van der Waals surface area contributed by atoms with E-state index in [0.717, 1.165) is 21.9 Å². The van der Waals surface area contributed by atoms with Crippen LogP contribution in [-0.2, 0) is 28.9 Å². The first-order valence-corrected chi connectivity index (χ1v) is 8.65. The van der Waals surface area contributed by atoms with Crippen molar-refractivity contribution in [2.24, 2.45) is 0 Å². The molecule has 1 aromatic heterocycles. The van der Waals surface area contributed by atoms with Gasteiger partial charge >= 0.3 is 6.09 Å². The molecule has 3 rings (SSSR count). The Morgan fingerprint density at radius 1 is 1.28 bits per heavy atom. The fraction of sp³-hybridized carbons (Fsp3) is 0.353. The van der Waals surface area contributed by atoms with Gasteiger partial charge in [-0.05, 0) is 17.7 Å². The zero-order valence-corrected chi connectivity index (χ0v) is 14.9. The van der Waals surface area contributed by atoms with Gasteiger partial charge in [0.25, 0.3) is 0 Å². The molecule has 0 fully saturated rings. The molecule has 1 aromatic carbocycles. The summed E-state index contributed by atoms with van der Waals surface area (Å²) in [5.74, 6) is 0.848. The number of thiazole rings is 1. The minimum atomic E-state index is -0.543. The van der Waals surface area contributed by atoms with Gasteiger partial charge in [-0.3, -0.25) is 10.1 Å². The monoisotopic (exact) mass is 361 g/mol. The average Bonchev–Trinajstić information content (AvgIpc) is 3.03. The van der Waals surface area contributed by atoms with E-state index in [1.807, 2.05) is 29.2 Å². The summed E-state index contributed by atoms with van der Waals surface area (Å²) in [5.41, 5.74) is 1.89. The van der Waals surface area contributed by atoms with E-state index in [9.17, 15) is 9.59 Å². The Morgan fingerprint density at radius 3 is 2.72 bits per heavy atom. The van der Waals surface area contributed by atoms with E-state index in [4.69, 9.17) is 4.74 Å². The third-order valence-corrected chi connectivity index (χ3v) is 4.99. The number of amides is 2. The normalized spacial score (nSPS) is 13.1. The minimum Gasteiger partial charge on any atom is -0.497 e. The average molecular weight is 361 g/mol. The molecule has 2 aromatic rings. The molecule has 7 nitrogen and oxygen atoms in total. The minimum absolute atomic E-state index is 0.0756. The molecule has 0 bridgehead atoms. The summed E-state index contributed by atoms with van der Waals surface area (Å²) in [4.78, 5) is 31.0. The van der Waals surface area contributed by atoms with Crippen LogP contribution in [0, 0.1) is 0 Å². The number of fused-ring (bicyclic) bond motifs is 1. The molecule has 1 N–H and O–H groups in total. The summed E-state index contributed by atoms with van der Waals surface area (Å²) >= 11 is 1.38. The number of methoxy groups -OCH3 is 2. The number of anilines is 1. The van der Waals surface area contributed by atoms with Gasteiger partial charge in [0.05, 0.1) is 32.9 Å². The van der Waals surface area contributed by atoms with Crippen LogP contribution in [0.5, 0.6) is 5.75 Å². The van der Waals surface area contributed by atoms with Crippen molar-refractivity contribution in [1.82, 2.24) is 9.88 Å². The Hall–Kier alpha value is -2.61. The van der Waals surface area contributed by atoms with Crippen LogP contribution < -0.4 is 10.1 Å². The second kappa shape index (κ2) is 7.52. The number of carbonyl (C=O) groups excluding carboxylic acids is 2. The second-order valence-corrected chi connectivity index (χ2v) is 6.68. The highest BCUT2D eigenvalue weighted by Gasteiger charge is 2.24. The first-order chi connectivity index (χ1) is 12.1. The molecule has 25 heavy (non-hydrogen) atoms. The van der Waals surface area contributed by atoms with Crippen molar-refractivity contribution in [1.29, 1.82) is 0 Å². The highest BCUT2D eigenvalue weighted by molar-refractivity contribution is 7.15. The predicted molar refractivity (Wildman–Crippen MR) is 94.0 cm³/mol. The summed E-state index contributed by atoms with van der Waals surface area (Å²) in [6.45, 7) is 1.15. The predicted octanol–water partition coefficient (Wildman–Crippen LogP) is 2.46. The number of carbonyl (C=O) groups is 2. The summed E-state index contributed by atoms with van der Waals surface area (Å²) in [6.07, 6.45) is 0.493. The Kier molecular flexibility index (Phi) is 5.18. The van der Waals surface area contributed by atoms with E-state index in [2.05, 4.69) is 15.0 Å². The van der Waals surface area contributed by atoms with E-state index in [1.54, 1.807) is 7.11 Å². The molecule has 2 amide bonds. The number of hydrogen-bond acceptors (Lipinski definition) is 6. The van der Waals surface area contributed by atoms with Crippen LogP contribution in [-0.4, -0.2) is 42.6 Å². The van der Waals surface area contributed by atoms with Crippen LogP contribution in [0.15, 0.2) is 24.3 Å². The quantitative estimate of drug-likeness (QED) is 0.905. The Morgan fingerprint density at radius 2 is 2.04 bits per heavy atom. The van der Waals surface area contributed by atoms with E-state index in [0.29, 0.717) is 31.1 Å². The molecule has 1 aliphatic heterocycles. The van der Waals surface area contributed by atoms with Crippen molar-refractivity contribution in [3.05, 3.63) is 40.4 Å². The molecule has 0 spiro atoms. The van der Waals surface area contributed by atoms with Crippen molar-refractivity contribution in [3.63, 3.8) is 0 Å². The van der Waals surface area contributed by atoms with E-state index in [1.165, 1.54) is 18.4 Å². The summed E-state index contributed by atoms with van der Waals surface area (Å²) in [6, 6.07) is 7.50. The third kappa shape index (κ3) is 4.08. The van der Waals surface area contributed by atoms with Gasteiger partial charge in [0, 0.05) is 17.8 Å². The lowest BCUT2D eigenvalue weighted by atomic mass is 10.1. The number of nitrogens with zero attached hydrogens (tertiary/aromatic N) is 2. The van der Waals surface area contributed by atoms with Gasteiger partial charge in [-0.2, -0.15) is 0 Å². The van der Waals surface area contributed by atoms with E-state index >= 15 is 0 Å². The van der Waals surface area contributed by atoms with E-state index < -0.39 is 6.09 Å². The number of rotatable bonds is 4. The van der Waals surface area contributed by atoms with Gasteiger partial charge in [0.1, 0.15) is 5.75 Å². The third-order valence-electron chi connectivity index (χ3n) is 3.99. The molecule has 0 unspecified atom stereocenters. The van der Waals surface area contributed by atoms with Crippen LogP contribution in [0.1, 0.15) is 16.1 Å². The molecular formula is C17H19N3O4S. The number of hydrogen-bond donors (Lipinski definition) is 1. The van der Waals surface area contributed by atoms with Gasteiger partial charge in [-0.25, -0.2) is 9.78 Å². The lowest BCUT2D eigenvalue weighted by Crippen LogP contribution is -2.36. The van der Waals surface area contributed by atoms with Crippen LogP contribution in [0.2, 0.25) is 0 Å². The van der Waals surface area contributed by atoms with Crippen LogP contribution in [0.4, 0.5) is 9.93 Å². The number of benzene rings is 1. The van der Waals surface area contributed by atoms with E-state index in [-0.39, 0.29) is 5.91 Å². The van der Waals surface area contributed by atoms with Crippen molar-refractivity contribution in [2.45, 2.75) is 19.4 Å². The first kappa shape index (κ1) is 17.2. The van der Waals surface area contributed by atoms with Gasteiger partial charge < -0.3 is 14.4 Å².